The Kier molecular flexibility index (Phi) is 3.26. The molecule has 0 spiro atoms. The summed E-state index contributed by atoms with van der Waals surface area (Å²) in [6, 6.07) is 9.43. The first-order chi connectivity index (χ1) is 7.78. The van der Waals surface area contributed by atoms with E-state index in [1.165, 1.54) is 4.90 Å². The van der Waals surface area contributed by atoms with E-state index in [-0.39, 0.29) is 5.95 Å². The molecule has 0 saturated heterocycles. The van der Waals surface area contributed by atoms with Crippen LogP contribution in [0.4, 0.5) is 5.95 Å². The number of rotatable bonds is 3. The van der Waals surface area contributed by atoms with Gasteiger partial charge in [-0.3, -0.25) is 0 Å². The number of aromatic nitrogens is 2. The maximum absolute atomic E-state index is 5.52. The summed E-state index contributed by atoms with van der Waals surface area (Å²) in [6.45, 7) is 0. The van der Waals surface area contributed by atoms with Gasteiger partial charge < -0.3 is 10.5 Å². The van der Waals surface area contributed by atoms with Crippen LogP contribution in [0.15, 0.2) is 41.4 Å². The first kappa shape index (κ1) is 10.8. The van der Waals surface area contributed by atoms with E-state index in [1.54, 1.807) is 24.0 Å². The number of ether oxygens (including phenoxy) is 1. The van der Waals surface area contributed by atoms with Crippen LogP contribution in [0.3, 0.4) is 0 Å². The van der Waals surface area contributed by atoms with Crippen molar-refractivity contribution >= 4 is 17.7 Å². The highest BCUT2D eigenvalue weighted by Crippen LogP contribution is 2.22. The summed E-state index contributed by atoms with van der Waals surface area (Å²) in [4.78, 5) is 8.93. The molecule has 1 aromatic heterocycles. The van der Waals surface area contributed by atoms with Crippen molar-refractivity contribution in [3.63, 3.8) is 0 Å². The molecule has 0 atom stereocenters. The Morgan fingerprint density at radius 1 is 1.19 bits per heavy atom. The molecule has 16 heavy (non-hydrogen) atoms. The van der Waals surface area contributed by atoms with Gasteiger partial charge in [-0.25, -0.2) is 4.98 Å². The minimum Gasteiger partial charge on any atom is -0.439 e. The zero-order chi connectivity index (χ0) is 11.4. The molecule has 0 bridgehead atoms. The first-order valence-electron chi connectivity index (χ1n) is 4.68. The third-order valence-electron chi connectivity index (χ3n) is 1.93. The van der Waals surface area contributed by atoms with Gasteiger partial charge in [-0.2, -0.15) is 4.98 Å². The van der Waals surface area contributed by atoms with E-state index in [9.17, 15) is 0 Å². The van der Waals surface area contributed by atoms with Crippen molar-refractivity contribution in [2.24, 2.45) is 0 Å². The Bertz CT molecular complexity index is 473. The van der Waals surface area contributed by atoms with E-state index < -0.39 is 0 Å². The van der Waals surface area contributed by atoms with Crippen molar-refractivity contribution in [1.29, 1.82) is 0 Å². The summed E-state index contributed by atoms with van der Waals surface area (Å²) < 4.78 is 5.52. The summed E-state index contributed by atoms with van der Waals surface area (Å²) in [6.07, 6.45) is 3.59. The third-order valence-corrected chi connectivity index (χ3v) is 2.67. The zero-order valence-corrected chi connectivity index (χ0v) is 9.57. The second-order valence-electron chi connectivity index (χ2n) is 3.03. The normalized spacial score (nSPS) is 10.1. The molecule has 0 fully saturated rings. The monoisotopic (exact) mass is 233 g/mol. The number of hydrogen-bond donors (Lipinski definition) is 1. The lowest BCUT2D eigenvalue weighted by Crippen LogP contribution is -1.95. The number of anilines is 1. The van der Waals surface area contributed by atoms with Crippen LogP contribution in [-0.2, 0) is 0 Å². The molecule has 0 saturated carbocycles. The van der Waals surface area contributed by atoms with E-state index in [4.69, 9.17) is 10.5 Å². The van der Waals surface area contributed by atoms with Crippen molar-refractivity contribution < 1.29 is 4.74 Å². The minimum atomic E-state index is 0.207. The number of benzene rings is 1. The molecule has 0 amide bonds. The Morgan fingerprint density at radius 3 is 2.56 bits per heavy atom. The van der Waals surface area contributed by atoms with Crippen LogP contribution in [0, 0.1) is 0 Å². The largest absolute Gasteiger partial charge is 0.439 e. The average Bonchev–Trinajstić information content (AvgIpc) is 2.30. The highest BCUT2D eigenvalue weighted by molar-refractivity contribution is 7.98. The van der Waals surface area contributed by atoms with Gasteiger partial charge in [0.15, 0.2) is 0 Å². The predicted molar refractivity (Wildman–Crippen MR) is 64.7 cm³/mol. The van der Waals surface area contributed by atoms with Crippen LogP contribution in [0.2, 0.25) is 0 Å². The zero-order valence-electron chi connectivity index (χ0n) is 8.75. The van der Waals surface area contributed by atoms with Crippen molar-refractivity contribution in [2.75, 3.05) is 12.0 Å². The standard InChI is InChI=1S/C11H11N3OS/c1-16-9-4-2-8(3-5-9)15-10-6-7-13-11(12)14-10/h2-7H,1H3,(H2,12,13,14). The molecule has 2 rings (SSSR count). The lowest BCUT2D eigenvalue weighted by atomic mass is 10.3. The van der Waals surface area contributed by atoms with E-state index in [1.807, 2.05) is 30.5 Å². The van der Waals surface area contributed by atoms with Gasteiger partial charge in [-0.05, 0) is 30.5 Å². The molecule has 4 nitrogen and oxygen atoms in total. The maximum Gasteiger partial charge on any atom is 0.224 e. The smallest absolute Gasteiger partial charge is 0.224 e. The van der Waals surface area contributed by atoms with Crippen LogP contribution >= 0.6 is 11.8 Å². The molecule has 82 valence electrons. The van der Waals surface area contributed by atoms with Gasteiger partial charge >= 0.3 is 0 Å². The van der Waals surface area contributed by atoms with Crippen molar-refractivity contribution in [2.45, 2.75) is 4.90 Å². The molecule has 0 aliphatic heterocycles. The van der Waals surface area contributed by atoms with Gasteiger partial charge in [0.2, 0.25) is 11.8 Å². The van der Waals surface area contributed by atoms with Gasteiger partial charge in [0.05, 0.1) is 0 Å². The SMILES string of the molecule is CSc1ccc(Oc2ccnc(N)n2)cc1. The first-order valence-corrected chi connectivity index (χ1v) is 5.91. The van der Waals surface area contributed by atoms with Gasteiger partial charge in [-0.1, -0.05) is 0 Å². The molecule has 0 unspecified atom stereocenters. The molecule has 0 aliphatic rings. The van der Waals surface area contributed by atoms with Gasteiger partial charge in [-0.15, -0.1) is 11.8 Å². The number of nitrogen functional groups attached to an aromatic ring is 1. The fourth-order valence-corrected chi connectivity index (χ4v) is 1.59. The number of nitrogens with two attached hydrogens (primary N) is 1. The topological polar surface area (TPSA) is 61.0 Å². The van der Waals surface area contributed by atoms with Crippen LogP contribution in [0.25, 0.3) is 0 Å². The highest BCUT2D eigenvalue weighted by Gasteiger charge is 1.99. The Balaban J connectivity index is 2.14. The summed E-state index contributed by atoms with van der Waals surface area (Å²) in [5.41, 5.74) is 5.45. The van der Waals surface area contributed by atoms with Gasteiger partial charge in [0.25, 0.3) is 0 Å². The predicted octanol–water partition coefficient (Wildman–Crippen LogP) is 2.57. The number of thioether (sulfide) groups is 1. The van der Waals surface area contributed by atoms with Crippen LogP contribution in [-0.4, -0.2) is 16.2 Å². The lowest BCUT2D eigenvalue weighted by molar-refractivity contribution is 0.462. The Morgan fingerprint density at radius 2 is 1.94 bits per heavy atom. The summed E-state index contributed by atoms with van der Waals surface area (Å²) in [7, 11) is 0. The van der Waals surface area contributed by atoms with E-state index in [0.717, 1.165) is 5.75 Å². The number of nitrogens with zero attached hydrogens (tertiary/aromatic N) is 2. The molecule has 2 N–H and O–H groups in total. The second kappa shape index (κ2) is 4.85. The van der Waals surface area contributed by atoms with Crippen molar-refractivity contribution in [1.82, 2.24) is 9.97 Å². The molecular formula is C11H11N3OS. The second-order valence-corrected chi connectivity index (χ2v) is 3.91. The fraction of sp³-hybridized carbons (Fsp3) is 0.0909. The molecule has 0 aliphatic carbocycles. The Hall–Kier alpha value is -1.75. The minimum absolute atomic E-state index is 0.207. The molecule has 2 aromatic rings. The van der Waals surface area contributed by atoms with Gasteiger partial charge in [0, 0.05) is 17.2 Å². The molecule has 1 heterocycles. The van der Waals surface area contributed by atoms with Crippen LogP contribution < -0.4 is 10.5 Å². The van der Waals surface area contributed by atoms with Crippen LogP contribution in [0.1, 0.15) is 0 Å². The Labute approximate surface area is 97.9 Å². The number of hydrogen-bond acceptors (Lipinski definition) is 5. The quantitative estimate of drug-likeness (QED) is 0.825. The maximum atomic E-state index is 5.52. The van der Waals surface area contributed by atoms with Gasteiger partial charge in [0.1, 0.15) is 5.75 Å². The third kappa shape index (κ3) is 2.64. The van der Waals surface area contributed by atoms with E-state index in [2.05, 4.69) is 9.97 Å². The molecule has 1 aromatic carbocycles. The van der Waals surface area contributed by atoms with E-state index >= 15 is 0 Å². The molecule has 0 radical (unpaired) electrons. The summed E-state index contributed by atoms with van der Waals surface area (Å²) >= 11 is 1.69. The van der Waals surface area contributed by atoms with Crippen LogP contribution in [0.5, 0.6) is 11.6 Å². The van der Waals surface area contributed by atoms with Crippen molar-refractivity contribution in [3.05, 3.63) is 36.5 Å². The van der Waals surface area contributed by atoms with Crippen molar-refractivity contribution in [3.8, 4) is 11.6 Å². The molecule has 5 heteroatoms. The average molecular weight is 233 g/mol. The molecular weight excluding hydrogens is 222 g/mol. The lowest BCUT2D eigenvalue weighted by Gasteiger charge is -2.04. The van der Waals surface area contributed by atoms with E-state index in [0.29, 0.717) is 5.88 Å². The highest BCUT2D eigenvalue weighted by atomic mass is 32.2. The summed E-state index contributed by atoms with van der Waals surface area (Å²) in [5, 5.41) is 0. The summed E-state index contributed by atoms with van der Waals surface area (Å²) in [5.74, 6) is 1.39. The fourth-order valence-electron chi connectivity index (χ4n) is 1.18.